The van der Waals surface area contributed by atoms with Crippen molar-refractivity contribution in [3.63, 3.8) is 0 Å². The van der Waals surface area contributed by atoms with Crippen LogP contribution in [0.4, 0.5) is 11.4 Å². The molecule has 0 unspecified atom stereocenters. The number of pyridine rings is 1. The van der Waals surface area contributed by atoms with Crippen molar-refractivity contribution in [3.8, 4) is 0 Å². The van der Waals surface area contributed by atoms with Gasteiger partial charge in [0.15, 0.2) is 0 Å². The monoisotopic (exact) mass is 391 g/mol. The van der Waals surface area contributed by atoms with Crippen molar-refractivity contribution in [3.05, 3.63) is 53.9 Å². The average molecular weight is 392 g/mol. The van der Waals surface area contributed by atoms with E-state index in [1.165, 1.54) is 0 Å². The van der Waals surface area contributed by atoms with E-state index in [4.69, 9.17) is 5.73 Å². The number of carbonyl (C=O) groups is 1. The van der Waals surface area contributed by atoms with Crippen LogP contribution < -0.4 is 11.1 Å². The molecule has 6 nitrogen and oxygen atoms in total. The number of hydrogen-bond acceptors (Lipinski definition) is 5. The van der Waals surface area contributed by atoms with Gasteiger partial charge in [-0.1, -0.05) is 6.92 Å². The van der Waals surface area contributed by atoms with Crippen LogP contribution in [0.1, 0.15) is 22.8 Å². The standard InChI is InChI=1S/C21H21N5OS/c1-4-12-7-15(28-3)9-16-19(12)23-11-17(21(22)27)20(16)25-14-6-5-13-10-24-26(2)18(13)8-14/h5-11H,4H2,1-3H3,(H2,22,27)(H,23,25). The number of rotatable bonds is 5. The number of aryl methyl sites for hydroxylation is 2. The molecular formula is C21H21N5OS. The maximum Gasteiger partial charge on any atom is 0.252 e. The van der Waals surface area contributed by atoms with Gasteiger partial charge in [-0.25, -0.2) is 0 Å². The molecule has 2 aromatic heterocycles. The summed E-state index contributed by atoms with van der Waals surface area (Å²) in [5.41, 5.74) is 10.6. The third-order valence-electron chi connectivity index (χ3n) is 4.92. The van der Waals surface area contributed by atoms with E-state index in [1.807, 2.05) is 42.4 Å². The van der Waals surface area contributed by atoms with E-state index in [0.717, 1.165) is 44.4 Å². The molecule has 0 aliphatic rings. The average Bonchev–Trinajstić information content (AvgIpc) is 3.07. The maximum absolute atomic E-state index is 12.1. The molecule has 2 heterocycles. The lowest BCUT2D eigenvalue weighted by atomic mass is 10.0. The van der Waals surface area contributed by atoms with E-state index >= 15 is 0 Å². The fraction of sp³-hybridized carbons (Fsp3) is 0.190. The van der Waals surface area contributed by atoms with Gasteiger partial charge >= 0.3 is 0 Å². The van der Waals surface area contributed by atoms with Crippen molar-refractivity contribution < 1.29 is 4.79 Å². The minimum atomic E-state index is -0.508. The third-order valence-corrected chi connectivity index (χ3v) is 5.63. The van der Waals surface area contributed by atoms with Gasteiger partial charge < -0.3 is 11.1 Å². The Kier molecular flexibility index (Phi) is 4.68. The number of nitrogens with zero attached hydrogens (tertiary/aromatic N) is 3. The number of carbonyl (C=O) groups excluding carboxylic acids is 1. The summed E-state index contributed by atoms with van der Waals surface area (Å²) < 4.78 is 1.82. The predicted molar refractivity (Wildman–Crippen MR) is 115 cm³/mol. The highest BCUT2D eigenvalue weighted by Gasteiger charge is 2.16. The molecule has 0 saturated heterocycles. The van der Waals surface area contributed by atoms with Crippen molar-refractivity contribution in [2.45, 2.75) is 18.2 Å². The number of anilines is 2. The second-order valence-electron chi connectivity index (χ2n) is 6.61. The van der Waals surface area contributed by atoms with Gasteiger partial charge in [0.25, 0.3) is 5.91 Å². The number of benzene rings is 2. The van der Waals surface area contributed by atoms with E-state index in [1.54, 1.807) is 18.0 Å². The van der Waals surface area contributed by atoms with Gasteiger partial charge in [0.1, 0.15) is 0 Å². The van der Waals surface area contributed by atoms with Gasteiger partial charge in [-0.2, -0.15) is 5.10 Å². The highest BCUT2D eigenvalue weighted by molar-refractivity contribution is 7.98. The molecule has 0 aliphatic heterocycles. The van der Waals surface area contributed by atoms with E-state index in [-0.39, 0.29) is 0 Å². The molecule has 3 N–H and O–H groups in total. The molecule has 0 atom stereocenters. The summed E-state index contributed by atoms with van der Waals surface area (Å²) in [6.07, 6.45) is 6.28. The molecule has 4 aromatic rings. The Morgan fingerprint density at radius 1 is 1.25 bits per heavy atom. The lowest BCUT2D eigenvalue weighted by molar-refractivity contribution is 0.100. The second kappa shape index (κ2) is 7.16. The van der Waals surface area contributed by atoms with E-state index < -0.39 is 5.91 Å². The Hall–Kier alpha value is -3.06. The first-order valence-corrected chi connectivity index (χ1v) is 10.2. The first-order chi connectivity index (χ1) is 13.5. The fourth-order valence-corrected chi connectivity index (χ4v) is 3.92. The number of nitrogens with two attached hydrogens (primary N) is 1. The predicted octanol–water partition coefficient (Wildman–Crippen LogP) is 4.25. The SMILES string of the molecule is CCc1cc(SC)cc2c(Nc3ccc4cnn(C)c4c3)c(C(N)=O)cnc12. The Morgan fingerprint density at radius 2 is 2.07 bits per heavy atom. The van der Waals surface area contributed by atoms with Crippen LogP contribution in [0.5, 0.6) is 0 Å². The highest BCUT2D eigenvalue weighted by Crippen LogP contribution is 2.34. The first-order valence-electron chi connectivity index (χ1n) is 9.00. The van der Waals surface area contributed by atoms with Crippen molar-refractivity contribution in [1.29, 1.82) is 0 Å². The zero-order valence-electron chi connectivity index (χ0n) is 16.0. The minimum absolute atomic E-state index is 0.373. The highest BCUT2D eigenvalue weighted by atomic mass is 32.2. The Bertz CT molecular complexity index is 1210. The number of primary amides is 1. The number of nitrogens with one attached hydrogen (secondary N) is 1. The van der Waals surface area contributed by atoms with E-state index in [0.29, 0.717) is 11.3 Å². The van der Waals surface area contributed by atoms with E-state index in [9.17, 15) is 4.79 Å². The molecule has 0 spiro atoms. The molecule has 28 heavy (non-hydrogen) atoms. The molecule has 1 amide bonds. The second-order valence-corrected chi connectivity index (χ2v) is 7.49. The van der Waals surface area contributed by atoms with Gasteiger partial charge in [0, 0.05) is 34.6 Å². The van der Waals surface area contributed by atoms with Gasteiger partial charge in [-0.05, 0) is 48.6 Å². The molecule has 0 saturated carbocycles. The molecule has 7 heteroatoms. The van der Waals surface area contributed by atoms with Crippen LogP contribution in [-0.2, 0) is 13.5 Å². The van der Waals surface area contributed by atoms with Crippen LogP contribution in [0, 0.1) is 0 Å². The molecule has 142 valence electrons. The molecular weight excluding hydrogens is 370 g/mol. The Balaban J connectivity index is 1.95. The zero-order valence-corrected chi connectivity index (χ0v) is 16.8. The normalized spacial score (nSPS) is 11.2. The van der Waals surface area contributed by atoms with Crippen molar-refractivity contribution >= 4 is 50.8 Å². The summed E-state index contributed by atoms with van der Waals surface area (Å²) in [6.45, 7) is 2.10. The molecule has 0 fully saturated rings. The van der Waals surface area contributed by atoms with Crippen LogP contribution in [0.15, 0.2) is 47.6 Å². The topological polar surface area (TPSA) is 85.8 Å². The van der Waals surface area contributed by atoms with Crippen LogP contribution >= 0.6 is 11.8 Å². The van der Waals surface area contributed by atoms with Gasteiger partial charge in [0.2, 0.25) is 0 Å². The van der Waals surface area contributed by atoms with Gasteiger partial charge in [-0.15, -0.1) is 11.8 Å². The summed E-state index contributed by atoms with van der Waals surface area (Å²) in [4.78, 5) is 17.8. The minimum Gasteiger partial charge on any atom is -0.365 e. The smallest absolute Gasteiger partial charge is 0.252 e. The summed E-state index contributed by atoms with van der Waals surface area (Å²) in [7, 11) is 1.90. The molecule has 0 aliphatic carbocycles. The van der Waals surface area contributed by atoms with Crippen molar-refractivity contribution in [2.24, 2.45) is 12.8 Å². The van der Waals surface area contributed by atoms with Crippen LogP contribution in [0.3, 0.4) is 0 Å². The van der Waals surface area contributed by atoms with Gasteiger partial charge in [-0.3, -0.25) is 14.5 Å². The number of amides is 1. The molecule has 2 aromatic carbocycles. The maximum atomic E-state index is 12.1. The van der Waals surface area contributed by atoms with Gasteiger partial charge in [0.05, 0.1) is 28.5 Å². The first kappa shape index (κ1) is 18.3. The lowest BCUT2D eigenvalue weighted by Gasteiger charge is -2.16. The summed E-state index contributed by atoms with van der Waals surface area (Å²) in [5, 5.41) is 9.65. The third kappa shape index (κ3) is 3.07. The van der Waals surface area contributed by atoms with Crippen molar-refractivity contribution in [1.82, 2.24) is 14.8 Å². The zero-order chi connectivity index (χ0) is 19.8. The summed E-state index contributed by atoms with van der Waals surface area (Å²) >= 11 is 1.66. The number of fused-ring (bicyclic) bond motifs is 2. The van der Waals surface area contributed by atoms with Crippen molar-refractivity contribution in [2.75, 3.05) is 11.6 Å². The molecule has 4 rings (SSSR count). The summed E-state index contributed by atoms with van der Waals surface area (Å²) in [6, 6.07) is 10.2. The van der Waals surface area contributed by atoms with E-state index in [2.05, 4.69) is 34.5 Å². The number of hydrogen-bond donors (Lipinski definition) is 2. The number of thioether (sulfide) groups is 1. The van der Waals surface area contributed by atoms with Crippen LogP contribution in [-0.4, -0.2) is 26.9 Å². The molecule has 0 bridgehead atoms. The number of aromatic nitrogens is 3. The largest absolute Gasteiger partial charge is 0.365 e. The Labute approximate surface area is 167 Å². The Morgan fingerprint density at radius 3 is 2.79 bits per heavy atom. The van der Waals surface area contributed by atoms with Crippen LogP contribution in [0.2, 0.25) is 0 Å². The van der Waals surface area contributed by atoms with Crippen LogP contribution in [0.25, 0.3) is 21.8 Å². The lowest BCUT2D eigenvalue weighted by Crippen LogP contribution is -2.14. The summed E-state index contributed by atoms with van der Waals surface area (Å²) in [5.74, 6) is -0.508. The quantitative estimate of drug-likeness (QED) is 0.497. The molecule has 0 radical (unpaired) electrons. The fourth-order valence-electron chi connectivity index (χ4n) is 3.42.